The van der Waals surface area contributed by atoms with Crippen LogP contribution in [0.2, 0.25) is 0 Å². The summed E-state index contributed by atoms with van der Waals surface area (Å²) in [5.74, 6) is -3.57. The van der Waals surface area contributed by atoms with Gasteiger partial charge in [0.2, 0.25) is 5.91 Å². The summed E-state index contributed by atoms with van der Waals surface area (Å²) in [5.41, 5.74) is 2.04. The van der Waals surface area contributed by atoms with Crippen LogP contribution >= 0.6 is 0 Å². The summed E-state index contributed by atoms with van der Waals surface area (Å²) in [7, 11) is 0. The Bertz CT molecular complexity index is 1280. The lowest BCUT2D eigenvalue weighted by Gasteiger charge is -2.31. The fourth-order valence-corrected chi connectivity index (χ4v) is 3.98. The second-order valence-corrected chi connectivity index (χ2v) is 8.04. The van der Waals surface area contributed by atoms with Crippen LogP contribution in [0.15, 0.2) is 60.7 Å². The molecule has 180 valence electrons. The normalized spacial score (nSPS) is 12.6. The monoisotopic (exact) mass is 481 g/mol. The van der Waals surface area contributed by atoms with Gasteiger partial charge in [-0.1, -0.05) is 6.07 Å². The van der Waals surface area contributed by atoms with Gasteiger partial charge in [0.25, 0.3) is 11.8 Å². The van der Waals surface area contributed by atoms with Gasteiger partial charge in [0.1, 0.15) is 17.5 Å². The molecule has 0 saturated heterocycles. The molecule has 2 N–H and O–H groups in total. The van der Waals surface area contributed by atoms with Crippen LogP contribution < -0.4 is 15.5 Å². The van der Waals surface area contributed by atoms with E-state index in [-0.39, 0.29) is 24.4 Å². The predicted octanol–water partition coefficient (Wildman–Crippen LogP) is 4.46. The van der Waals surface area contributed by atoms with Gasteiger partial charge in [-0.05, 0) is 66.9 Å². The highest BCUT2D eigenvalue weighted by Gasteiger charge is 2.25. The third kappa shape index (κ3) is 5.51. The summed E-state index contributed by atoms with van der Waals surface area (Å²) in [6, 6.07) is 13.1. The van der Waals surface area contributed by atoms with Crippen LogP contribution in [0.3, 0.4) is 0 Å². The lowest BCUT2D eigenvalue weighted by Crippen LogP contribution is -2.38. The average molecular weight is 481 g/mol. The van der Waals surface area contributed by atoms with Crippen molar-refractivity contribution in [2.45, 2.75) is 19.3 Å². The van der Waals surface area contributed by atoms with Crippen molar-refractivity contribution >= 4 is 29.1 Å². The second kappa shape index (κ2) is 10.4. The van der Waals surface area contributed by atoms with E-state index >= 15 is 0 Å². The zero-order valence-electron chi connectivity index (χ0n) is 18.6. The molecule has 1 heterocycles. The number of hydrogen-bond acceptors (Lipinski definition) is 3. The first-order valence-corrected chi connectivity index (χ1v) is 11.1. The number of nitrogens with one attached hydrogen (secondary N) is 2. The van der Waals surface area contributed by atoms with E-state index in [1.165, 1.54) is 24.3 Å². The Balaban J connectivity index is 1.41. The molecule has 0 fully saturated rings. The molecule has 3 aromatic rings. The largest absolute Gasteiger partial charge is 0.351 e. The Morgan fingerprint density at radius 2 is 1.63 bits per heavy atom. The Kier molecular flexibility index (Phi) is 7.14. The maximum absolute atomic E-state index is 13.8. The Morgan fingerprint density at radius 1 is 0.886 bits per heavy atom. The zero-order valence-corrected chi connectivity index (χ0v) is 18.6. The minimum atomic E-state index is -0.978. The van der Waals surface area contributed by atoms with E-state index in [1.54, 1.807) is 23.1 Å². The quantitative estimate of drug-likeness (QED) is 0.546. The van der Waals surface area contributed by atoms with Crippen molar-refractivity contribution in [1.82, 2.24) is 5.32 Å². The number of rotatable bonds is 6. The number of carbonyl (C=O) groups is 3. The molecule has 0 bridgehead atoms. The van der Waals surface area contributed by atoms with E-state index < -0.39 is 29.3 Å². The van der Waals surface area contributed by atoms with Gasteiger partial charge in [0.15, 0.2) is 0 Å². The number of amides is 3. The van der Waals surface area contributed by atoms with Gasteiger partial charge in [-0.3, -0.25) is 14.4 Å². The molecule has 35 heavy (non-hydrogen) atoms. The molecule has 0 aliphatic carbocycles. The first-order chi connectivity index (χ1) is 16.8. The fraction of sp³-hybridized carbons (Fsp3) is 0.192. The first-order valence-electron chi connectivity index (χ1n) is 11.1. The second-order valence-electron chi connectivity index (χ2n) is 8.04. The van der Waals surface area contributed by atoms with Crippen molar-refractivity contribution in [1.29, 1.82) is 0 Å². The maximum atomic E-state index is 13.8. The highest BCUT2D eigenvalue weighted by atomic mass is 19.1. The predicted molar refractivity (Wildman–Crippen MR) is 125 cm³/mol. The summed E-state index contributed by atoms with van der Waals surface area (Å²) in [6.07, 6.45) is 1.30. The van der Waals surface area contributed by atoms with Gasteiger partial charge in [-0.2, -0.15) is 0 Å². The summed E-state index contributed by atoms with van der Waals surface area (Å²) in [5, 5.41) is 5.31. The van der Waals surface area contributed by atoms with E-state index in [1.807, 2.05) is 0 Å². The molecule has 3 amide bonds. The summed E-state index contributed by atoms with van der Waals surface area (Å²) in [6.45, 7) is 0.447. The zero-order chi connectivity index (χ0) is 24.9. The maximum Gasteiger partial charge on any atom is 0.255 e. The molecule has 9 heteroatoms. The lowest BCUT2D eigenvalue weighted by atomic mass is 9.99. The molecular formula is C26H22F3N3O3. The van der Waals surface area contributed by atoms with Gasteiger partial charge < -0.3 is 15.5 Å². The van der Waals surface area contributed by atoms with Crippen molar-refractivity contribution in [3.63, 3.8) is 0 Å². The molecule has 0 radical (unpaired) electrons. The standard InChI is InChI=1S/C26H22F3N3O3/c27-17-8-6-16(7-9-17)25(34)31-22-4-1-5-23-20(22)3-2-14-32(23)24(33)12-13-30-26(35)19-11-10-18(28)15-21(19)29/h1,4-11,15H,2-3,12-14H2,(H,30,35)(H,31,34). The molecule has 1 aliphatic rings. The van der Waals surface area contributed by atoms with Crippen LogP contribution in [0.4, 0.5) is 24.5 Å². The summed E-state index contributed by atoms with van der Waals surface area (Å²) < 4.78 is 40.0. The Labute approximate surface area is 199 Å². The lowest BCUT2D eigenvalue weighted by molar-refractivity contribution is -0.118. The number of nitrogens with zero attached hydrogens (tertiary/aromatic N) is 1. The van der Waals surface area contributed by atoms with Crippen LogP contribution in [-0.2, 0) is 11.2 Å². The van der Waals surface area contributed by atoms with Crippen molar-refractivity contribution in [3.8, 4) is 0 Å². The minimum absolute atomic E-state index is 0.0265. The van der Waals surface area contributed by atoms with Crippen molar-refractivity contribution in [2.75, 3.05) is 23.3 Å². The van der Waals surface area contributed by atoms with Crippen LogP contribution in [0.25, 0.3) is 0 Å². The molecule has 0 unspecified atom stereocenters. The number of hydrogen-bond donors (Lipinski definition) is 2. The van der Waals surface area contributed by atoms with Gasteiger partial charge in [0, 0.05) is 42.5 Å². The van der Waals surface area contributed by atoms with Crippen molar-refractivity contribution in [2.24, 2.45) is 0 Å². The van der Waals surface area contributed by atoms with Gasteiger partial charge >= 0.3 is 0 Å². The molecule has 1 aliphatic heterocycles. The van der Waals surface area contributed by atoms with Crippen LogP contribution in [0.5, 0.6) is 0 Å². The Morgan fingerprint density at radius 3 is 2.37 bits per heavy atom. The SMILES string of the molecule is O=C(Nc1cccc2c1CCCN2C(=O)CCNC(=O)c1ccc(F)cc1F)c1ccc(F)cc1. The molecule has 6 nitrogen and oxygen atoms in total. The van der Waals surface area contributed by atoms with Gasteiger partial charge in [0.05, 0.1) is 5.56 Å². The van der Waals surface area contributed by atoms with Crippen molar-refractivity contribution < 1.29 is 27.6 Å². The number of benzene rings is 3. The summed E-state index contributed by atoms with van der Waals surface area (Å²) >= 11 is 0. The van der Waals surface area contributed by atoms with Crippen LogP contribution in [-0.4, -0.2) is 30.8 Å². The molecular weight excluding hydrogens is 459 g/mol. The number of carbonyl (C=O) groups excluding carboxylic acids is 3. The minimum Gasteiger partial charge on any atom is -0.351 e. The average Bonchev–Trinajstić information content (AvgIpc) is 2.84. The van der Waals surface area contributed by atoms with Gasteiger partial charge in [-0.25, -0.2) is 13.2 Å². The topological polar surface area (TPSA) is 78.5 Å². The van der Waals surface area contributed by atoms with Crippen LogP contribution in [0.1, 0.15) is 39.1 Å². The van der Waals surface area contributed by atoms with Gasteiger partial charge in [-0.15, -0.1) is 0 Å². The third-order valence-corrected chi connectivity index (χ3v) is 5.71. The highest BCUT2D eigenvalue weighted by molar-refractivity contribution is 6.05. The summed E-state index contributed by atoms with van der Waals surface area (Å²) in [4.78, 5) is 39.2. The number of halogens is 3. The third-order valence-electron chi connectivity index (χ3n) is 5.71. The van der Waals surface area contributed by atoms with E-state index in [2.05, 4.69) is 10.6 Å². The molecule has 3 aromatic carbocycles. The van der Waals surface area contributed by atoms with E-state index in [0.29, 0.717) is 42.4 Å². The molecule has 0 aromatic heterocycles. The van der Waals surface area contributed by atoms with E-state index in [9.17, 15) is 27.6 Å². The van der Waals surface area contributed by atoms with E-state index in [0.717, 1.165) is 17.7 Å². The molecule has 4 rings (SSSR count). The van der Waals surface area contributed by atoms with E-state index in [4.69, 9.17) is 0 Å². The molecule has 0 atom stereocenters. The van der Waals surface area contributed by atoms with Crippen LogP contribution in [0, 0.1) is 17.5 Å². The van der Waals surface area contributed by atoms with Crippen molar-refractivity contribution in [3.05, 3.63) is 94.8 Å². The smallest absolute Gasteiger partial charge is 0.255 e. The number of fused-ring (bicyclic) bond motifs is 1. The fourth-order valence-electron chi connectivity index (χ4n) is 3.98. The highest BCUT2D eigenvalue weighted by Crippen LogP contribution is 2.33. The Hall–Kier alpha value is -4.14. The molecule has 0 saturated carbocycles. The number of anilines is 2. The molecule has 0 spiro atoms. The first kappa shape index (κ1) is 24.0.